The molecule has 2 aromatic carbocycles. The lowest BCUT2D eigenvalue weighted by Crippen LogP contribution is -2.43. The molecule has 2 aromatic rings. The number of piperidine rings is 1. The Bertz CT molecular complexity index is 1090. The van der Waals surface area contributed by atoms with Crippen molar-refractivity contribution in [1.29, 1.82) is 0 Å². The van der Waals surface area contributed by atoms with Gasteiger partial charge < -0.3 is 15.4 Å². The van der Waals surface area contributed by atoms with E-state index in [1.807, 2.05) is 18.2 Å². The molecule has 1 atom stereocenters. The van der Waals surface area contributed by atoms with Gasteiger partial charge in [-0.1, -0.05) is 29.8 Å². The molecular formula is C20H20ClN3O5S. The average molecular weight is 450 g/mol. The number of ether oxygens (including phenoxy) is 1. The number of halogens is 1. The van der Waals surface area contributed by atoms with Crippen LogP contribution in [0.2, 0.25) is 5.02 Å². The lowest BCUT2D eigenvalue weighted by atomic mass is 9.99. The maximum atomic E-state index is 13.3. The van der Waals surface area contributed by atoms with Gasteiger partial charge in [0.2, 0.25) is 15.9 Å². The van der Waals surface area contributed by atoms with E-state index in [0.29, 0.717) is 30.8 Å². The Labute approximate surface area is 179 Å². The summed E-state index contributed by atoms with van der Waals surface area (Å²) in [5.41, 5.74) is 0.994. The van der Waals surface area contributed by atoms with Gasteiger partial charge in [0.25, 0.3) is 5.91 Å². The van der Waals surface area contributed by atoms with Gasteiger partial charge >= 0.3 is 0 Å². The van der Waals surface area contributed by atoms with Gasteiger partial charge in [0.15, 0.2) is 6.61 Å². The number of carbonyl (C=O) groups excluding carboxylic acids is 2. The van der Waals surface area contributed by atoms with Crippen LogP contribution < -0.4 is 15.4 Å². The number of nitrogens with zero attached hydrogens (tertiary/aromatic N) is 1. The van der Waals surface area contributed by atoms with Crippen molar-refractivity contribution in [3.8, 4) is 5.75 Å². The third kappa shape index (κ3) is 4.14. The summed E-state index contributed by atoms with van der Waals surface area (Å²) in [5.74, 6) is -0.783. The summed E-state index contributed by atoms with van der Waals surface area (Å²) < 4.78 is 33.1. The molecule has 30 heavy (non-hydrogen) atoms. The first-order chi connectivity index (χ1) is 14.3. The molecule has 2 amide bonds. The van der Waals surface area contributed by atoms with Crippen molar-refractivity contribution in [1.82, 2.24) is 4.31 Å². The number of fused-ring (bicyclic) bond motifs is 1. The smallest absolute Gasteiger partial charge is 0.262 e. The SMILES string of the molecule is O=C1COc2cc(S(=O)(=O)N3CCCC(C(=O)Nc4ccccc4)C3)c(Cl)cc2N1. The maximum Gasteiger partial charge on any atom is 0.262 e. The molecular weight excluding hydrogens is 430 g/mol. The Morgan fingerprint density at radius 3 is 2.77 bits per heavy atom. The van der Waals surface area contributed by atoms with Crippen LogP contribution in [-0.2, 0) is 19.6 Å². The monoisotopic (exact) mass is 449 g/mol. The summed E-state index contributed by atoms with van der Waals surface area (Å²) in [7, 11) is -3.95. The summed E-state index contributed by atoms with van der Waals surface area (Å²) in [6.07, 6.45) is 1.15. The van der Waals surface area contributed by atoms with E-state index in [9.17, 15) is 18.0 Å². The largest absolute Gasteiger partial charge is 0.482 e. The van der Waals surface area contributed by atoms with Crippen molar-refractivity contribution in [2.45, 2.75) is 17.7 Å². The van der Waals surface area contributed by atoms with Crippen LogP contribution in [0.4, 0.5) is 11.4 Å². The van der Waals surface area contributed by atoms with Crippen LogP contribution in [0.1, 0.15) is 12.8 Å². The highest BCUT2D eigenvalue weighted by Crippen LogP contribution is 2.37. The Morgan fingerprint density at radius 1 is 1.23 bits per heavy atom. The van der Waals surface area contributed by atoms with Gasteiger partial charge in [-0.3, -0.25) is 9.59 Å². The zero-order valence-corrected chi connectivity index (χ0v) is 17.5. The molecule has 1 saturated heterocycles. The number of hydrogen-bond donors (Lipinski definition) is 2. The predicted molar refractivity (Wildman–Crippen MR) is 112 cm³/mol. The third-order valence-electron chi connectivity index (χ3n) is 5.08. The molecule has 0 bridgehead atoms. The fourth-order valence-corrected chi connectivity index (χ4v) is 5.60. The van der Waals surface area contributed by atoms with Crippen LogP contribution in [-0.4, -0.2) is 44.2 Å². The Balaban J connectivity index is 1.54. The highest BCUT2D eigenvalue weighted by atomic mass is 35.5. The minimum absolute atomic E-state index is 0.0181. The van der Waals surface area contributed by atoms with Crippen LogP contribution in [0.15, 0.2) is 47.4 Å². The van der Waals surface area contributed by atoms with Crippen LogP contribution in [0.25, 0.3) is 0 Å². The summed E-state index contributed by atoms with van der Waals surface area (Å²) in [5, 5.41) is 5.41. The fourth-order valence-electron chi connectivity index (χ4n) is 3.56. The molecule has 0 aliphatic carbocycles. The van der Waals surface area contributed by atoms with E-state index in [2.05, 4.69) is 10.6 Å². The second-order valence-electron chi connectivity index (χ2n) is 7.17. The van der Waals surface area contributed by atoms with E-state index < -0.39 is 15.9 Å². The maximum absolute atomic E-state index is 13.3. The highest BCUT2D eigenvalue weighted by Gasteiger charge is 2.35. The number of amides is 2. The molecule has 158 valence electrons. The first-order valence-electron chi connectivity index (χ1n) is 9.47. The fraction of sp³-hybridized carbons (Fsp3) is 0.300. The van der Waals surface area contributed by atoms with E-state index in [1.165, 1.54) is 16.4 Å². The van der Waals surface area contributed by atoms with Crippen molar-refractivity contribution >= 4 is 44.8 Å². The molecule has 2 heterocycles. The average Bonchev–Trinajstić information content (AvgIpc) is 2.74. The van der Waals surface area contributed by atoms with E-state index in [1.54, 1.807) is 12.1 Å². The van der Waals surface area contributed by atoms with E-state index in [4.69, 9.17) is 16.3 Å². The minimum Gasteiger partial charge on any atom is -0.482 e. The molecule has 2 aliphatic heterocycles. The second kappa shape index (κ2) is 8.25. The van der Waals surface area contributed by atoms with Gasteiger partial charge in [-0.2, -0.15) is 4.31 Å². The van der Waals surface area contributed by atoms with Crippen molar-refractivity contribution < 1.29 is 22.7 Å². The zero-order valence-electron chi connectivity index (χ0n) is 15.9. The normalized spacial score (nSPS) is 19.4. The standard InChI is InChI=1S/C20H20ClN3O5S/c21-15-9-16-17(29-12-19(25)23-16)10-18(15)30(27,28)24-8-4-5-13(11-24)20(26)22-14-6-2-1-3-7-14/h1-3,6-7,9-10,13H,4-5,8,11-12H2,(H,22,26)(H,23,25). The van der Waals surface area contributed by atoms with Crippen LogP contribution in [0.3, 0.4) is 0 Å². The zero-order chi connectivity index (χ0) is 21.3. The molecule has 1 fully saturated rings. The van der Waals surface area contributed by atoms with Gasteiger partial charge in [-0.05, 0) is 31.0 Å². The van der Waals surface area contributed by atoms with Gasteiger partial charge in [0, 0.05) is 24.8 Å². The van der Waals surface area contributed by atoms with Crippen LogP contribution in [0, 0.1) is 5.92 Å². The Morgan fingerprint density at radius 2 is 2.00 bits per heavy atom. The lowest BCUT2D eigenvalue weighted by molar-refractivity contribution is -0.121. The molecule has 0 radical (unpaired) electrons. The molecule has 1 unspecified atom stereocenters. The predicted octanol–water partition coefficient (Wildman–Crippen LogP) is 2.71. The van der Waals surface area contributed by atoms with Crippen LogP contribution in [0.5, 0.6) is 5.75 Å². The van der Waals surface area contributed by atoms with Crippen LogP contribution >= 0.6 is 11.6 Å². The minimum atomic E-state index is -3.95. The van der Waals surface area contributed by atoms with E-state index in [0.717, 1.165) is 0 Å². The number of sulfonamides is 1. The van der Waals surface area contributed by atoms with Gasteiger partial charge in [0.1, 0.15) is 10.6 Å². The lowest BCUT2D eigenvalue weighted by Gasteiger charge is -2.31. The molecule has 2 aliphatic rings. The molecule has 4 rings (SSSR count). The van der Waals surface area contributed by atoms with E-state index in [-0.39, 0.29) is 40.6 Å². The number of anilines is 2. The van der Waals surface area contributed by atoms with Crippen molar-refractivity contribution in [3.05, 3.63) is 47.5 Å². The van der Waals surface area contributed by atoms with Gasteiger partial charge in [-0.25, -0.2) is 8.42 Å². The van der Waals surface area contributed by atoms with Gasteiger partial charge in [0.05, 0.1) is 16.6 Å². The molecule has 0 aromatic heterocycles. The number of para-hydroxylation sites is 1. The first kappa shape index (κ1) is 20.6. The summed E-state index contributed by atoms with van der Waals surface area (Å²) in [6.45, 7) is 0.161. The Kier molecular flexibility index (Phi) is 5.68. The summed E-state index contributed by atoms with van der Waals surface area (Å²) in [6, 6.07) is 11.7. The number of nitrogens with one attached hydrogen (secondary N) is 2. The number of carbonyl (C=O) groups is 2. The summed E-state index contributed by atoms with van der Waals surface area (Å²) in [4.78, 5) is 24.0. The number of hydrogen-bond acceptors (Lipinski definition) is 5. The second-order valence-corrected chi connectivity index (χ2v) is 9.49. The highest BCUT2D eigenvalue weighted by molar-refractivity contribution is 7.89. The number of benzene rings is 2. The van der Waals surface area contributed by atoms with Crippen molar-refractivity contribution in [3.63, 3.8) is 0 Å². The number of rotatable bonds is 4. The molecule has 0 spiro atoms. The third-order valence-corrected chi connectivity index (χ3v) is 7.41. The van der Waals surface area contributed by atoms with Crippen molar-refractivity contribution in [2.75, 3.05) is 30.3 Å². The van der Waals surface area contributed by atoms with E-state index >= 15 is 0 Å². The first-order valence-corrected chi connectivity index (χ1v) is 11.3. The molecule has 0 saturated carbocycles. The Hall–Kier alpha value is -2.62. The van der Waals surface area contributed by atoms with Crippen molar-refractivity contribution in [2.24, 2.45) is 5.92 Å². The molecule has 10 heteroatoms. The van der Waals surface area contributed by atoms with Gasteiger partial charge in [-0.15, -0.1) is 0 Å². The quantitative estimate of drug-likeness (QED) is 0.746. The topological polar surface area (TPSA) is 105 Å². The molecule has 2 N–H and O–H groups in total. The molecule has 8 nitrogen and oxygen atoms in total. The summed E-state index contributed by atoms with van der Waals surface area (Å²) >= 11 is 6.23.